The van der Waals surface area contributed by atoms with Crippen LogP contribution in [-0.4, -0.2) is 38.1 Å². The van der Waals surface area contributed by atoms with Gasteiger partial charge in [-0.2, -0.15) is 0 Å². The van der Waals surface area contributed by atoms with Crippen LogP contribution in [0, 0.1) is 5.41 Å². The van der Waals surface area contributed by atoms with Gasteiger partial charge in [-0.1, -0.05) is 35.9 Å². The smallest absolute Gasteiger partial charge is 0.315 e. The Morgan fingerprint density at radius 1 is 0.968 bits per heavy atom. The first-order valence-electron chi connectivity index (χ1n) is 10.7. The molecule has 3 N–H and O–H groups in total. The molecule has 0 atom stereocenters. The molecule has 2 aliphatic carbocycles. The number of benzene rings is 2. The molecule has 2 saturated carbocycles. The maximum Gasteiger partial charge on any atom is 0.315 e. The van der Waals surface area contributed by atoms with Gasteiger partial charge in [-0.3, -0.25) is 4.79 Å². The van der Waals surface area contributed by atoms with Crippen molar-refractivity contribution in [2.24, 2.45) is 5.41 Å². The lowest BCUT2D eigenvalue weighted by molar-refractivity contribution is -0.0236. The number of carbonyl (C=O) groups is 2. The minimum absolute atomic E-state index is 0.0141. The molecule has 6 nitrogen and oxygen atoms in total. The molecule has 3 amide bonds. The highest BCUT2D eigenvalue weighted by Crippen LogP contribution is 2.55. The van der Waals surface area contributed by atoms with Gasteiger partial charge < -0.3 is 20.9 Å². The van der Waals surface area contributed by atoms with Crippen LogP contribution >= 0.6 is 11.6 Å². The van der Waals surface area contributed by atoms with Gasteiger partial charge in [0.2, 0.25) is 0 Å². The van der Waals surface area contributed by atoms with Crippen LogP contribution < -0.4 is 20.9 Å². The normalized spacial score (nSPS) is 24.0. The first kappa shape index (κ1) is 21.5. The van der Waals surface area contributed by atoms with Crippen LogP contribution in [0.4, 0.5) is 10.5 Å². The Kier molecular flexibility index (Phi) is 6.10. The molecule has 1 spiro atoms. The van der Waals surface area contributed by atoms with Gasteiger partial charge in [-0.25, -0.2) is 4.79 Å². The number of para-hydroxylation sites is 1. The van der Waals surface area contributed by atoms with Gasteiger partial charge in [-0.15, -0.1) is 0 Å². The van der Waals surface area contributed by atoms with Gasteiger partial charge in [0.05, 0.1) is 5.56 Å². The highest BCUT2D eigenvalue weighted by atomic mass is 35.5. The number of nitrogens with zero attached hydrogens (tertiary/aromatic N) is 1. The Bertz CT molecular complexity index is 946. The lowest BCUT2D eigenvalue weighted by atomic mass is 9.52. The maximum absolute atomic E-state index is 12.7. The molecule has 0 aromatic heterocycles. The van der Waals surface area contributed by atoms with E-state index in [4.69, 9.17) is 11.6 Å². The number of hydrogen-bond donors (Lipinski definition) is 3. The molecule has 0 saturated heterocycles. The first-order chi connectivity index (χ1) is 14.8. The number of rotatable bonds is 6. The quantitative estimate of drug-likeness (QED) is 0.636. The Morgan fingerprint density at radius 2 is 1.58 bits per heavy atom. The standard InChI is InChI=1S/C24H29ClN4O2/c1-29(2)21-6-4-3-5-20(21)22(30)27-18-11-24(12-18)13-19(14-24)28-23(31)26-15-16-7-9-17(25)10-8-16/h3-10,18-19H,11-15H2,1-2H3,(H,27,30)(H2,26,28,31). The number of urea groups is 1. The minimum Gasteiger partial charge on any atom is -0.377 e. The van der Waals surface area contributed by atoms with Crippen LogP contribution in [0.3, 0.4) is 0 Å². The molecule has 2 aromatic rings. The molecule has 2 aliphatic rings. The third-order valence-electron chi connectivity index (χ3n) is 6.38. The van der Waals surface area contributed by atoms with Crippen molar-refractivity contribution in [3.63, 3.8) is 0 Å². The van der Waals surface area contributed by atoms with Gasteiger partial charge in [0.15, 0.2) is 0 Å². The second-order valence-electron chi connectivity index (χ2n) is 9.05. The fraction of sp³-hybridized carbons (Fsp3) is 0.417. The molecule has 0 aliphatic heterocycles. The fourth-order valence-electron chi connectivity index (χ4n) is 4.85. The van der Waals surface area contributed by atoms with E-state index in [0.717, 1.165) is 36.9 Å². The predicted molar refractivity (Wildman–Crippen MR) is 124 cm³/mol. The van der Waals surface area contributed by atoms with Crippen LogP contribution in [0.2, 0.25) is 5.02 Å². The molecule has 0 unspecified atom stereocenters. The second-order valence-corrected chi connectivity index (χ2v) is 9.49. The highest BCUT2D eigenvalue weighted by molar-refractivity contribution is 6.30. The zero-order valence-electron chi connectivity index (χ0n) is 18.0. The average Bonchev–Trinajstić information content (AvgIpc) is 2.70. The summed E-state index contributed by atoms with van der Waals surface area (Å²) >= 11 is 5.88. The van der Waals surface area contributed by atoms with E-state index < -0.39 is 0 Å². The van der Waals surface area contributed by atoms with Gasteiger partial charge in [0, 0.05) is 43.4 Å². The van der Waals surface area contributed by atoms with Crippen molar-refractivity contribution in [3.8, 4) is 0 Å². The molecular weight excluding hydrogens is 412 g/mol. The Morgan fingerprint density at radius 3 is 2.23 bits per heavy atom. The Balaban J connectivity index is 1.17. The van der Waals surface area contributed by atoms with Gasteiger partial charge in [0.1, 0.15) is 0 Å². The summed E-state index contributed by atoms with van der Waals surface area (Å²) in [4.78, 5) is 26.8. The number of halogens is 1. The third kappa shape index (κ3) is 4.96. The van der Waals surface area contributed by atoms with E-state index in [1.165, 1.54) is 0 Å². The zero-order chi connectivity index (χ0) is 22.0. The lowest BCUT2D eigenvalue weighted by Crippen LogP contribution is -2.61. The Hall–Kier alpha value is -2.73. The van der Waals surface area contributed by atoms with Crippen LogP contribution in [0.15, 0.2) is 48.5 Å². The molecule has 164 valence electrons. The van der Waals surface area contributed by atoms with Crippen molar-refractivity contribution in [2.75, 3.05) is 19.0 Å². The van der Waals surface area contributed by atoms with Crippen LogP contribution in [0.1, 0.15) is 41.6 Å². The maximum atomic E-state index is 12.7. The minimum atomic E-state index is -0.140. The molecule has 0 bridgehead atoms. The summed E-state index contributed by atoms with van der Waals surface area (Å²) in [7, 11) is 3.88. The molecule has 31 heavy (non-hydrogen) atoms. The average molecular weight is 441 g/mol. The number of nitrogens with one attached hydrogen (secondary N) is 3. The molecule has 7 heteroatoms. The van der Waals surface area contributed by atoms with Gasteiger partial charge in [-0.05, 0) is 60.9 Å². The van der Waals surface area contributed by atoms with E-state index in [2.05, 4.69) is 16.0 Å². The highest BCUT2D eigenvalue weighted by Gasteiger charge is 2.53. The monoisotopic (exact) mass is 440 g/mol. The summed E-state index contributed by atoms with van der Waals surface area (Å²) in [6.07, 6.45) is 3.91. The summed E-state index contributed by atoms with van der Waals surface area (Å²) in [6, 6.07) is 15.4. The lowest BCUT2D eigenvalue weighted by Gasteiger charge is -2.57. The SMILES string of the molecule is CN(C)c1ccccc1C(=O)NC1CC2(CC(NC(=O)NCc3ccc(Cl)cc3)C2)C1. The summed E-state index contributed by atoms with van der Waals surface area (Å²) < 4.78 is 0. The van der Waals surface area contributed by atoms with E-state index >= 15 is 0 Å². The summed E-state index contributed by atoms with van der Waals surface area (Å²) in [5, 5.41) is 9.81. The van der Waals surface area contributed by atoms with Crippen molar-refractivity contribution >= 4 is 29.2 Å². The molecule has 0 radical (unpaired) electrons. The molecule has 0 heterocycles. The molecular formula is C24H29ClN4O2. The zero-order valence-corrected chi connectivity index (χ0v) is 18.7. The Labute approximate surface area is 188 Å². The topological polar surface area (TPSA) is 73.5 Å². The van der Waals surface area contributed by atoms with Crippen LogP contribution in [0.5, 0.6) is 0 Å². The fourth-order valence-corrected chi connectivity index (χ4v) is 4.97. The number of anilines is 1. The van der Waals surface area contributed by atoms with E-state index in [0.29, 0.717) is 17.1 Å². The summed E-state index contributed by atoms with van der Waals surface area (Å²) in [6.45, 7) is 0.476. The number of amides is 3. The van der Waals surface area contributed by atoms with Crippen LogP contribution in [0.25, 0.3) is 0 Å². The van der Waals surface area contributed by atoms with Crippen molar-refractivity contribution < 1.29 is 9.59 Å². The molecule has 4 rings (SSSR count). The van der Waals surface area contributed by atoms with Crippen LogP contribution in [-0.2, 0) is 6.54 Å². The van der Waals surface area contributed by atoms with Crippen molar-refractivity contribution in [1.29, 1.82) is 0 Å². The second kappa shape index (κ2) is 8.79. The van der Waals surface area contributed by atoms with E-state index in [9.17, 15) is 9.59 Å². The predicted octanol–water partition coefficient (Wildman–Crippen LogP) is 3.95. The number of carbonyl (C=O) groups excluding carboxylic acids is 2. The number of hydrogen-bond acceptors (Lipinski definition) is 3. The van der Waals surface area contributed by atoms with E-state index in [-0.39, 0.29) is 29.4 Å². The molecule has 2 aromatic carbocycles. The van der Waals surface area contributed by atoms with E-state index in [1.54, 1.807) is 0 Å². The van der Waals surface area contributed by atoms with Crippen molar-refractivity contribution in [1.82, 2.24) is 16.0 Å². The van der Waals surface area contributed by atoms with Gasteiger partial charge in [0.25, 0.3) is 5.91 Å². The largest absolute Gasteiger partial charge is 0.377 e. The third-order valence-corrected chi connectivity index (χ3v) is 6.64. The van der Waals surface area contributed by atoms with E-state index in [1.807, 2.05) is 67.5 Å². The summed E-state index contributed by atoms with van der Waals surface area (Å²) in [5.41, 5.74) is 2.91. The molecule has 2 fully saturated rings. The first-order valence-corrected chi connectivity index (χ1v) is 11.1. The van der Waals surface area contributed by atoms with Crippen molar-refractivity contribution in [2.45, 2.75) is 44.3 Å². The van der Waals surface area contributed by atoms with Crippen molar-refractivity contribution in [3.05, 3.63) is 64.7 Å². The van der Waals surface area contributed by atoms with Gasteiger partial charge >= 0.3 is 6.03 Å². The summed E-state index contributed by atoms with van der Waals surface area (Å²) in [5.74, 6) is -0.0141.